The molecule has 5 heteroatoms. The van der Waals surface area contributed by atoms with E-state index in [1.54, 1.807) is 24.8 Å². The molecule has 0 saturated heterocycles. The third-order valence-corrected chi connectivity index (χ3v) is 4.74. The van der Waals surface area contributed by atoms with Crippen LogP contribution in [0.1, 0.15) is 28.3 Å². The van der Waals surface area contributed by atoms with E-state index in [0.717, 1.165) is 29.5 Å². The number of amides is 1. The van der Waals surface area contributed by atoms with Gasteiger partial charge in [0.05, 0.1) is 0 Å². The van der Waals surface area contributed by atoms with Gasteiger partial charge in [-0.1, -0.05) is 24.3 Å². The lowest BCUT2D eigenvalue weighted by molar-refractivity contribution is -0.123. The zero-order chi connectivity index (χ0) is 19.6. The standard InChI is InChI=1S/C23H26N4O/c1-18-4-2-3-5-21(18)22(26-16-10-19-6-12-24-13-7-19)23(28)27-17-11-20-8-14-25-15-9-20/h2-9,12-15,22,26H,10-11,16-17H2,1H3,(H,27,28). The number of pyridine rings is 2. The maximum atomic E-state index is 12.9. The molecule has 0 fully saturated rings. The van der Waals surface area contributed by atoms with E-state index in [2.05, 4.69) is 20.6 Å². The van der Waals surface area contributed by atoms with Crippen LogP contribution in [0.4, 0.5) is 0 Å². The molecule has 1 amide bonds. The number of aryl methyl sites for hydroxylation is 1. The summed E-state index contributed by atoms with van der Waals surface area (Å²) < 4.78 is 0. The summed E-state index contributed by atoms with van der Waals surface area (Å²) in [5.41, 5.74) is 4.48. The van der Waals surface area contributed by atoms with Crippen LogP contribution >= 0.6 is 0 Å². The summed E-state index contributed by atoms with van der Waals surface area (Å²) in [6, 6.07) is 15.6. The molecule has 0 spiro atoms. The highest BCUT2D eigenvalue weighted by Crippen LogP contribution is 2.18. The predicted molar refractivity (Wildman–Crippen MR) is 111 cm³/mol. The number of hydrogen-bond acceptors (Lipinski definition) is 4. The number of benzene rings is 1. The number of carbonyl (C=O) groups excluding carboxylic acids is 1. The molecule has 0 saturated carbocycles. The van der Waals surface area contributed by atoms with Crippen molar-refractivity contribution in [2.45, 2.75) is 25.8 Å². The van der Waals surface area contributed by atoms with E-state index < -0.39 is 0 Å². The third-order valence-electron chi connectivity index (χ3n) is 4.74. The molecule has 1 aromatic carbocycles. The van der Waals surface area contributed by atoms with Crippen LogP contribution in [0.3, 0.4) is 0 Å². The van der Waals surface area contributed by atoms with Crippen molar-refractivity contribution in [3.05, 3.63) is 95.6 Å². The molecule has 3 aromatic rings. The fraction of sp³-hybridized carbons (Fsp3) is 0.261. The third kappa shape index (κ3) is 5.72. The summed E-state index contributed by atoms with van der Waals surface area (Å²) in [4.78, 5) is 21.0. The van der Waals surface area contributed by atoms with Crippen molar-refractivity contribution in [2.75, 3.05) is 13.1 Å². The minimum Gasteiger partial charge on any atom is -0.354 e. The predicted octanol–water partition coefficient (Wildman–Crippen LogP) is 3.02. The van der Waals surface area contributed by atoms with E-state index in [9.17, 15) is 4.79 Å². The first-order chi connectivity index (χ1) is 13.7. The number of carbonyl (C=O) groups is 1. The van der Waals surface area contributed by atoms with Crippen molar-refractivity contribution in [3.8, 4) is 0 Å². The van der Waals surface area contributed by atoms with Crippen LogP contribution in [0.2, 0.25) is 0 Å². The van der Waals surface area contributed by atoms with E-state index in [4.69, 9.17) is 0 Å². The largest absolute Gasteiger partial charge is 0.354 e. The molecule has 0 radical (unpaired) electrons. The van der Waals surface area contributed by atoms with E-state index >= 15 is 0 Å². The Morgan fingerprint density at radius 3 is 2.04 bits per heavy atom. The average molecular weight is 374 g/mol. The van der Waals surface area contributed by atoms with Gasteiger partial charge >= 0.3 is 0 Å². The van der Waals surface area contributed by atoms with Crippen molar-refractivity contribution in [3.63, 3.8) is 0 Å². The van der Waals surface area contributed by atoms with E-state index in [0.29, 0.717) is 13.1 Å². The van der Waals surface area contributed by atoms with Crippen molar-refractivity contribution < 1.29 is 4.79 Å². The Morgan fingerprint density at radius 2 is 1.43 bits per heavy atom. The maximum Gasteiger partial charge on any atom is 0.241 e. The molecule has 0 aliphatic carbocycles. The smallest absolute Gasteiger partial charge is 0.241 e. The second-order valence-electron chi connectivity index (χ2n) is 6.75. The summed E-state index contributed by atoms with van der Waals surface area (Å²) >= 11 is 0. The first-order valence-electron chi connectivity index (χ1n) is 9.58. The molecule has 5 nitrogen and oxygen atoms in total. The Balaban J connectivity index is 1.61. The van der Waals surface area contributed by atoms with Gasteiger partial charge in [0.1, 0.15) is 6.04 Å². The van der Waals surface area contributed by atoms with Crippen LogP contribution in [0, 0.1) is 6.92 Å². The minimum absolute atomic E-state index is 0.00177. The van der Waals surface area contributed by atoms with Gasteiger partial charge in [0, 0.05) is 37.9 Å². The molecule has 2 heterocycles. The fourth-order valence-corrected chi connectivity index (χ4v) is 3.15. The second-order valence-corrected chi connectivity index (χ2v) is 6.75. The molecule has 144 valence electrons. The lowest BCUT2D eigenvalue weighted by atomic mass is 10.00. The van der Waals surface area contributed by atoms with Crippen LogP contribution < -0.4 is 10.6 Å². The lowest BCUT2D eigenvalue weighted by Crippen LogP contribution is -2.39. The van der Waals surface area contributed by atoms with Crippen LogP contribution in [-0.2, 0) is 17.6 Å². The second kappa shape index (κ2) is 10.3. The highest BCUT2D eigenvalue weighted by Gasteiger charge is 2.21. The quantitative estimate of drug-likeness (QED) is 0.604. The van der Waals surface area contributed by atoms with Crippen LogP contribution in [0.5, 0.6) is 0 Å². The monoisotopic (exact) mass is 374 g/mol. The molecular weight excluding hydrogens is 348 g/mol. The highest BCUT2D eigenvalue weighted by molar-refractivity contribution is 5.83. The minimum atomic E-state index is -0.375. The van der Waals surface area contributed by atoms with Gasteiger partial charge in [-0.15, -0.1) is 0 Å². The van der Waals surface area contributed by atoms with Gasteiger partial charge in [0.25, 0.3) is 0 Å². The molecule has 0 aliphatic heterocycles. The van der Waals surface area contributed by atoms with Crippen molar-refractivity contribution in [2.24, 2.45) is 0 Å². The Hall–Kier alpha value is -3.05. The van der Waals surface area contributed by atoms with Crippen LogP contribution in [-0.4, -0.2) is 29.0 Å². The zero-order valence-corrected chi connectivity index (χ0v) is 16.1. The summed E-state index contributed by atoms with van der Waals surface area (Å²) in [5.74, 6) is -0.00177. The Labute approximate surface area is 166 Å². The zero-order valence-electron chi connectivity index (χ0n) is 16.1. The highest BCUT2D eigenvalue weighted by atomic mass is 16.2. The molecular formula is C23H26N4O. The number of nitrogens with one attached hydrogen (secondary N) is 2. The lowest BCUT2D eigenvalue weighted by Gasteiger charge is -2.21. The average Bonchev–Trinajstić information content (AvgIpc) is 2.73. The number of nitrogens with zero attached hydrogens (tertiary/aromatic N) is 2. The van der Waals surface area contributed by atoms with Crippen molar-refractivity contribution >= 4 is 5.91 Å². The van der Waals surface area contributed by atoms with Gasteiger partial charge in [0.2, 0.25) is 5.91 Å². The summed E-state index contributed by atoms with van der Waals surface area (Å²) in [6.45, 7) is 3.34. The van der Waals surface area contributed by atoms with Crippen LogP contribution in [0.15, 0.2) is 73.3 Å². The first kappa shape index (κ1) is 19.7. The van der Waals surface area contributed by atoms with Crippen molar-refractivity contribution in [1.82, 2.24) is 20.6 Å². The van der Waals surface area contributed by atoms with Gasteiger partial charge < -0.3 is 10.6 Å². The number of rotatable bonds is 9. The van der Waals surface area contributed by atoms with Gasteiger partial charge in [-0.2, -0.15) is 0 Å². The van der Waals surface area contributed by atoms with E-state index in [1.807, 2.05) is 55.5 Å². The molecule has 2 N–H and O–H groups in total. The van der Waals surface area contributed by atoms with Crippen molar-refractivity contribution in [1.29, 1.82) is 0 Å². The molecule has 1 unspecified atom stereocenters. The first-order valence-corrected chi connectivity index (χ1v) is 9.58. The van der Waals surface area contributed by atoms with Crippen LogP contribution in [0.25, 0.3) is 0 Å². The van der Waals surface area contributed by atoms with E-state index in [-0.39, 0.29) is 11.9 Å². The summed E-state index contributed by atoms with van der Waals surface area (Å²) in [7, 11) is 0. The summed E-state index contributed by atoms with van der Waals surface area (Å²) in [6.07, 6.45) is 8.75. The normalized spacial score (nSPS) is 11.8. The molecule has 3 rings (SSSR count). The molecule has 28 heavy (non-hydrogen) atoms. The molecule has 1 atom stereocenters. The van der Waals surface area contributed by atoms with Gasteiger partial charge in [-0.05, 0) is 66.3 Å². The fourth-order valence-electron chi connectivity index (χ4n) is 3.15. The Morgan fingerprint density at radius 1 is 0.857 bits per heavy atom. The van der Waals surface area contributed by atoms with Gasteiger partial charge in [0.15, 0.2) is 0 Å². The van der Waals surface area contributed by atoms with Gasteiger partial charge in [-0.25, -0.2) is 0 Å². The number of aromatic nitrogens is 2. The molecule has 0 bridgehead atoms. The molecule has 0 aliphatic rings. The topological polar surface area (TPSA) is 66.9 Å². The SMILES string of the molecule is Cc1ccccc1C(NCCc1ccncc1)C(=O)NCCc1ccncc1. The Bertz CT molecular complexity index is 868. The number of hydrogen-bond donors (Lipinski definition) is 2. The maximum absolute atomic E-state index is 12.9. The Kier molecular flexibility index (Phi) is 7.27. The summed E-state index contributed by atoms with van der Waals surface area (Å²) in [5, 5.41) is 6.51. The van der Waals surface area contributed by atoms with E-state index in [1.165, 1.54) is 5.56 Å². The van der Waals surface area contributed by atoms with Gasteiger partial charge in [-0.3, -0.25) is 14.8 Å². The molecule has 2 aromatic heterocycles.